The number of nitrogens with zero attached hydrogens (tertiary/aromatic N) is 1. The van der Waals surface area contributed by atoms with Crippen LogP contribution in [0.2, 0.25) is 0 Å². The fourth-order valence-electron chi connectivity index (χ4n) is 0.945. The largest absolute Gasteiger partial charge is 0.467 e. The average Bonchev–Trinajstić information content (AvgIpc) is 2.09. The molecule has 1 N–H and O–H groups in total. The molecule has 0 aliphatic heterocycles. The minimum atomic E-state index is -0.359. The van der Waals surface area contributed by atoms with E-state index in [1.54, 1.807) is 18.2 Å². The van der Waals surface area contributed by atoms with Gasteiger partial charge < -0.3 is 9.84 Å². The van der Waals surface area contributed by atoms with Crippen molar-refractivity contribution in [1.82, 2.24) is 0 Å². The lowest BCUT2D eigenvalue weighted by molar-refractivity contribution is 0.0977. The summed E-state index contributed by atoms with van der Waals surface area (Å²) in [6.07, 6.45) is 0.302. The number of hydrogen-bond acceptors (Lipinski definition) is 3. The molecule has 3 heteroatoms. The Morgan fingerprint density at radius 1 is 1.42 bits per heavy atom. The van der Waals surface area contributed by atoms with Crippen LogP contribution in [0.25, 0.3) is 0 Å². The molecule has 62 valence electrons. The number of rotatable bonds is 3. The van der Waals surface area contributed by atoms with Crippen molar-refractivity contribution in [3.8, 4) is 11.8 Å². The van der Waals surface area contributed by atoms with Crippen LogP contribution in [0.5, 0.6) is 5.75 Å². The van der Waals surface area contributed by atoms with Gasteiger partial charge in [-0.3, -0.25) is 0 Å². The number of ether oxygens (including phenoxy) is 1. The molecule has 0 aliphatic rings. The highest BCUT2D eigenvalue weighted by atomic mass is 16.6. The number of aliphatic hydroxyl groups excluding tert-OH is 1. The van der Waals surface area contributed by atoms with Gasteiger partial charge in [-0.2, -0.15) is 5.26 Å². The van der Waals surface area contributed by atoms with Gasteiger partial charge in [-0.1, -0.05) is 18.2 Å². The van der Waals surface area contributed by atoms with Gasteiger partial charge in [0, 0.05) is 5.56 Å². The molecule has 1 aromatic rings. The first-order valence-corrected chi connectivity index (χ1v) is 3.57. The molecule has 0 saturated carbocycles. The van der Waals surface area contributed by atoms with Crippen molar-refractivity contribution >= 4 is 0 Å². The molecule has 3 nitrogen and oxygen atoms in total. The lowest BCUT2D eigenvalue weighted by Gasteiger charge is -2.05. The zero-order valence-electron chi connectivity index (χ0n) is 6.53. The van der Waals surface area contributed by atoms with Crippen molar-refractivity contribution in [2.75, 3.05) is 6.79 Å². The van der Waals surface area contributed by atoms with E-state index >= 15 is 0 Å². The molecule has 0 aromatic heterocycles. The van der Waals surface area contributed by atoms with E-state index in [1.807, 2.05) is 12.1 Å². The van der Waals surface area contributed by atoms with E-state index in [0.29, 0.717) is 12.2 Å². The summed E-state index contributed by atoms with van der Waals surface area (Å²) in [5.41, 5.74) is 0.800. The fourth-order valence-corrected chi connectivity index (χ4v) is 0.945. The van der Waals surface area contributed by atoms with Gasteiger partial charge in [0.1, 0.15) is 5.75 Å². The Balaban J connectivity index is 2.85. The van der Waals surface area contributed by atoms with Gasteiger partial charge in [-0.05, 0) is 6.07 Å². The maximum atomic E-state index is 8.51. The molecule has 0 atom stereocenters. The summed E-state index contributed by atoms with van der Waals surface area (Å²) in [6, 6.07) is 9.17. The fraction of sp³-hybridized carbons (Fsp3) is 0.222. The lowest BCUT2D eigenvalue weighted by Crippen LogP contribution is -1.97. The van der Waals surface area contributed by atoms with E-state index in [9.17, 15) is 0 Å². The smallest absolute Gasteiger partial charge is 0.186 e. The summed E-state index contributed by atoms with van der Waals surface area (Å²) in [5, 5.41) is 17.0. The zero-order chi connectivity index (χ0) is 8.81. The number of benzene rings is 1. The van der Waals surface area contributed by atoms with Crippen LogP contribution in [-0.4, -0.2) is 11.9 Å². The number of nitriles is 1. The van der Waals surface area contributed by atoms with Crippen LogP contribution in [-0.2, 0) is 6.42 Å². The van der Waals surface area contributed by atoms with Gasteiger partial charge in [-0.25, -0.2) is 0 Å². The standard InChI is InChI=1S/C9H9NO2/c10-6-5-8-3-1-2-4-9(8)12-7-11/h1-4,11H,5,7H2. The third-order valence-electron chi connectivity index (χ3n) is 1.46. The van der Waals surface area contributed by atoms with Gasteiger partial charge in [-0.15, -0.1) is 0 Å². The van der Waals surface area contributed by atoms with Crippen molar-refractivity contribution in [2.24, 2.45) is 0 Å². The third kappa shape index (κ3) is 1.97. The third-order valence-corrected chi connectivity index (χ3v) is 1.46. The van der Waals surface area contributed by atoms with Gasteiger partial charge in [0.25, 0.3) is 0 Å². The van der Waals surface area contributed by atoms with E-state index in [2.05, 4.69) is 0 Å². The molecule has 0 fully saturated rings. The second kappa shape index (κ2) is 4.37. The van der Waals surface area contributed by atoms with Crippen molar-refractivity contribution in [2.45, 2.75) is 6.42 Å². The van der Waals surface area contributed by atoms with Gasteiger partial charge in [0.2, 0.25) is 0 Å². The number of aliphatic hydroxyl groups is 1. The summed E-state index contributed by atoms with van der Waals surface area (Å²) in [7, 11) is 0. The molecule has 0 amide bonds. The Bertz CT molecular complexity index is 291. The van der Waals surface area contributed by atoms with Gasteiger partial charge in [0.15, 0.2) is 6.79 Å². The summed E-state index contributed by atoms with van der Waals surface area (Å²) in [4.78, 5) is 0. The van der Waals surface area contributed by atoms with Crippen molar-refractivity contribution in [3.05, 3.63) is 29.8 Å². The number of para-hydroxylation sites is 1. The predicted molar refractivity (Wildman–Crippen MR) is 43.5 cm³/mol. The Morgan fingerprint density at radius 2 is 2.17 bits per heavy atom. The van der Waals surface area contributed by atoms with E-state index in [4.69, 9.17) is 15.1 Å². The first kappa shape index (κ1) is 8.57. The first-order valence-electron chi connectivity index (χ1n) is 3.57. The van der Waals surface area contributed by atoms with Crippen LogP contribution >= 0.6 is 0 Å². The van der Waals surface area contributed by atoms with E-state index in [1.165, 1.54) is 0 Å². The molecule has 0 radical (unpaired) electrons. The van der Waals surface area contributed by atoms with Gasteiger partial charge >= 0.3 is 0 Å². The second-order valence-corrected chi connectivity index (χ2v) is 2.22. The minimum Gasteiger partial charge on any atom is -0.467 e. The zero-order valence-corrected chi connectivity index (χ0v) is 6.53. The Labute approximate surface area is 70.8 Å². The van der Waals surface area contributed by atoms with Crippen molar-refractivity contribution in [1.29, 1.82) is 5.26 Å². The molecule has 12 heavy (non-hydrogen) atoms. The Morgan fingerprint density at radius 3 is 2.83 bits per heavy atom. The summed E-state index contributed by atoms with van der Waals surface area (Å²) in [6.45, 7) is -0.359. The first-order chi connectivity index (χ1) is 5.88. The lowest BCUT2D eigenvalue weighted by atomic mass is 10.1. The van der Waals surface area contributed by atoms with E-state index in [-0.39, 0.29) is 6.79 Å². The predicted octanol–water partition coefficient (Wildman–Crippen LogP) is 1.08. The normalized spacial score (nSPS) is 9.00. The molecule has 0 saturated heterocycles. The maximum absolute atomic E-state index is 8.51. The summed E-state index contributed by atoms with van der Waals surface area (Å²) < 4.78 is 4.89. The van der Waals surface area contributed by atoms with Crippen LogP contribution in [0, 0.1) is 11.3 Å². The molecular weight excluding hydrogens is 154 g/mol. The van der Waals surface area contributed by atoms with Crippen LogP contribution in [0.1, 0.15) is 5.56 Å². The highest BCUT2D eigenvalue weighted by molar-refractivity contribution is 5.34. The SMILES string of the molecule is N#CCc1ccccc1OCO. The molecule has 0 heterocycles. The molecule has 0 aliphatic carbocycles. The number of hydrogen-bond donors (Lipinski definition) is 1. The second-order valence-electron chi connectivity index (χ2n) is 2.22. The van der Waals surface area contributed by atoms with Crippen molar-refractivity contribution < 1.29 is 9.84 Å². The Hall–Kier alpha value is -1.53. The Kier molecular flexibility index (Phi) is 3.12. The molecular formula is C9H9NO2. The molecule has 1 rings (SSSR count). The highest BCUT2D eigenvalue weighted by Crippen LogP contribution is 2.17. The highest BCUT2D eigenvalue weighted by Gasteiger charge is 2.00. The van der Waals surface area contributed by atoms with Crippen LogP contribution in [0.15, 0.2) is 24.3 Å². The van der Waals surface area contributed by atoms with Crippen LogP contribution in [0.3, 0.4) is 0 Å². The quantitative estimate of drug-likeness (QED) is 0.678. The summed E-state index contributed by atoms with van der Waals surface area (Å²) >= 11 is 0. The molecule has 1 aromatic carbocycles. The van der Waals surface area contributed by atoms with E-state index < -0.39 is 0 Å². The van der Waals surface area contributed by atoms with E-state index in [0.717, 1.165) is 5.56 Å². The monoisotopic (exact) mass is 163 g/mol. The average molecular weight is 163 g/mol. The maximum Gasteiger partial charge on any atom is 0.186 e. The van der Waals surface area contributed by atoms with Crippen molar-refractivity contribution in [3.63, 3.8) is 0 Å². The van der Waals surface area contributed by atoms with Gasteiger partial charge in [0.05, 0.1) is 12.5 Å². The van der Waals surface area contributed by atoms with Crippen LogP contribution < -0.4 is 4.74 Å². The molecule has 0 bridgehead atoms. The molecule has 0 spiro atoms. The topological polar surface area (TPSA) is 53.2 Å². The summed E-state index contributed by atoms with van der Waals surface area (Å²) in [5.74, 6) is 0.571. The minimum absolute atomic E-state index is 0.302. The van der Waals surface area contributed by atoms with Crippen LogP contribution in [0.4, 0.5) is 0 Å². The molecule has 0 unspecified atom stereocenters.